The van der Waals surface area contributed by atoms with Crippen molar-refractivity contribution in [2.24, 2.45) is 22.7 Å². The molecule has 1 heterocycles. The van der Waals surface area contributed by atoms with Crippen molar-refractivity contribution >= 4 is 48.6 Å². The molecule has 0 amide bonds. The van der Waals surface area contributed by atoms with Crippen LogP contribution in [0.25, 0.3) is 53.6 Å². The van der Waals surface area contributed by atoms with Crippen molar-refractivity contribution in [3.05, 3.63) is 199 Å². The second kappa shape index (κ2) is 13.8. The molecule has 5 atom stereocenters. The first-order chi connectivity index (χ1) is 30.5. The number of anilines is 3. The molecule has 5 aliphatic rings. The number of hydrogen-bond acceptors (Lipinski definition) is 3. The van der Waals surface area contributed by atoms with Gasteiger partial charge < -0.3 is 9.64 Å². The molecular weight excluding hydrogens is 771 g/mol. The molecule has 0 aliphatic heterocycles. The molecule has 2 spiro atoms. The molecule has 0 radical (unpaired) electrons. The third-order valence-corrected chi connectivity index (χ3v) is 16.8. The minimum atomic E-state index is 0.473. The molecule has 8 aromatic carbocycles. The summed E-state index contributed by atoms with van der Waals surface area (Å²) in [6.07, 6.45) is 7.08. The van der Waals surface area contributed by atoms with Crippen molar-refractivity contribution in [2.45, 2.75) is 44.9 Å². The average molecular weight is 818 g/mol. The highest BCUT2D eigenvalue weighted by atomic mass is 32.1. The average Bonchev–Trinajstić information content (AvgIpc) is 3.50. The predicted octanol–water partition coefficient (Wildman–Crippen LogP) is 16.9. The molecule has 62 heavy (non-hydrogen) atoms. The van der Waals surface area contributed by atoms with Crippen LogP contribution in [0.5, 0.6) is 11.5 Å². The van der Waals surface area contributed by atoms with Crippen molar-refractivity contribution in [3.8, 4) is 44.9 Å². The maximum absolute atomic E-state index is 7.10. The maximum Gasteiger partial charge on any atom is 0.133 e. The zero-order valence-electron chi connectivity index (χ0n) is 34.9. The predicted molar refractivity (Wildman–Crippen MR) is 259 cm³/mol. The van der Waals surface area contributed by atoms with Crippen molar-refractivity contribution in [1.82, 2.24) is 0 Å². The molecular formula is C59H47NOS. The molecule has 9 aromatic rings. The van der Waals surface area contributed by atoms with E-state index in [9.17, 15) is 0 Å². The highest BCUT2D eigenvalue weighted by Gasteiger charge is 2.81. The number of rotatable bonds is 9. The Labute approximate surface area is 368 Å². The largest absolute Gasteiger partial charge is 0.457 e. The Morgan fingerprint density at radius 1 is 0.484 bits per heavy atom. The topological polar surface area (TPSA) is 12.5 Å². The first kappa shape index (κ1) is 36.3. The maximum atomic E-state index is 7.10. The normalized spacial score (nSPS) is 22.9. The van der Waals surface area contributed by atoms with Gasteiger partial charge in [-0.3, -0.25) is 0 Å². The van der Waals surface area contributed by atoms with Crippen LogP contribution in [0.3, 0.4) is 0 Å². The summed E-state index contributed by atoms with van der Waals surface area (Å²) in [5, 5.41) is 2.66. The van der Waals surface area contributed by atoms with E-state index in [1.807, 2.05) is 11.3 Å². The van der Waals surface area contributed by atoms with Crippen molar-refractivity contribution in [3.63, 3.8) is 0 Å². The molecule has 0 saturated heterocycles. The van der Waals surface area contributed by atoms with E-state index in [4.69, 9.17) is 4.74 Å². The Morgan fingerprint density at radius 2 is 1.06 bits per heavy atom. The fourth-order valence-electron chi connectivity index (χ4n) is 12.7. The SMILES string of the molecule is Cc1ccccc1Oc1cc(N(c2ccc(-c3ccc(-c4ccccc4)cc3)cc2)c2ccc(-c3ccc4c(c3)sc3ccccc34)cc2)ccc1C1CC2CC34C[C@@H]2C[C@@]13C4. The minimum absolute atomic E-state index is 0.473. The van der Waals surface area contributed by atoms with Gasteiger partial charge in [0, 0.05) is 43.3 Å². The van der Waals surface area contributed by atoms with Gasteiger partial charge in [-0.2, -0.15) is 0 Å². The first-order valence-corrected chi connectivity index (χ1v) is 23.3. The lowest BCUT2D eigenvalue weighted by atomic mass is 9.62. The zero-order chi connectivity index (χ0) is 41.0. The molecule has 14 rings (SSSR count). The number of nitrogens with zero attached hydrogens (tertiary/aromatic N) is 1. The van der Waals surface area contributed by atoms with Crippen LogP contribution in [0.4, 0.5) is 17.1 Å². The summed E-state index contributed by atoms with van der Waals surface area (Å²) in [4.78, 5) is 2.41. The molecule has 300 valence electrons. The molecule has 1 aromatic heterocycles. The second-order valence-corrected chi connectivity index (χ2v) is 19.9. The number of fused-ring (bicyclic) bond motifs is 4. The fraction of sp³-hybridized carbons (Fsp3) is 0.186. The summed E-state index contributed by atoms with van der Waals surface area (Å²) in [7, 11) is 0. The molecule has 5 fully saturated rings. The molecule has 3 heteroatoms. The Bertz CT molecular complexity index is 3160. The van der Waals surface area contributed by atoms with Gasteiger partial charge in [0.1, 0.15) is 11.5 Å². The van der Waals surface area contributed by atoms with E-state index in [2.05, 4.69) is 200 Å². The van der Waals surface area contributed by atoms with Crippen LogP contribution >= 0.6 is 11.3 Å². The van der Waals surface area contributed by atoms with Crippen LogP contribution in [-0.4, -0.2) is 0 Å². The fourth-order valence-corrected chi connectivity index (χ4v) is 13.8. The molecule has 5 saturated carbocycles. The number of thiophene rings is 1. The van der Waals surface area contributed by atoms with Gasteiger partial charge in [0.25, 0.3) is 0 Å². The number of aryl methyl sites for hydroxylation is 1. The summed E-state index contributed by atoms with van der Waals surface area (Å²) < 4.78 is 9.76. The highest BCUT2D eigenvalue weighted by molar-refractivity contribution is 7.25. The van der Waals surface area contributed by atoms with Crippen LogP contribution in [0, 0.1) is 29.6 Å². The minimum Gasteiger partial charge on any atom is -0.457 e. The quantitative estimate of drug-likeness (QED) is 0.144. The van der Waals surface area contributed by atoms with E-state index >= 15 is 0 Å². The van der Waals surface area contributed by atoms with E-state index < -0.39 is 0 Å². The van der Waals surface area contributed by atoms with Crippen LogP contribution in [0.15, 0.2) is 188 Å². The Balaban J connectivity index is 0.899. The van der Waals surface area contributed by atoms with Gasteiger partial charge >= 0.3 is 0 Å². The Hall–Kier alpha value is -6.42. The third-order valence-electron chi connectivity index (χ3n) is 15.6. The number of para-hydroxylation sites is 1. The smallest absolute Gasteiger partial charge is 0.133 e. The zero-order valence-corrected chi connectivity index (χ0v) is 35.7. The van der Waals surface area contributed by atoms with Gasteiger partial charge in [0.15, 0.2) is 0 Å². The Morgan fingerprint density at radius 3 is 1.77 bits per heavy atom. The van der Waals surface area contributed by atoms with E-state index in [1.165, 1.54) is 91.2 Å². The van der Waals surface area contributed by atoms with Crippen LogP contribution < -0.4 is 9.64 Å². The Kier molecular flexibility index (Phi) is 8.07. The molecule has 4 bridgehead atoms. The van der Waals surface area contributed by atoms with E-state index in [-0.39, 0.29) is 0 Å². The summed E-state index contributed by atoms with van der Waals surface area (Å²) in [5.41, 5.74) is 14.3. The molecule has 3 unspecified atom stereocenters. The van der Waals surface area contributed by atoms with E-state index in [0.29, 0.717) is 16.7 Å². The van der Waals surface area contributed by atoms with Crippen molar-refractivity contribution in [2.75, 3.05) is 4.90 Å². The van der Waals surface area contributed by atoms with Gasteiger partial charge in [-0.05, 0) is 161 Å². The van der Waals surface area contributed by atoms with Gasteiger partial charge in [-0.25, -0.2) is 0 Å². The second-order valence-electron chi connectivity index (χ2n) is 18.8. The molecule has 5 aliphatic carbocycles. The van der Waals surface area contributed by atoms with Crippen LogP contribution in [-0.2, 0) is 0 Å². The molecule has 0 N–H and O–H groups in total. The lowest BCUT2D eigenvalue weighted by molar-refractivity contribution is 0.122. The van der Waals surface area contributed by atoms with Gasteiger partial charge in [0.05, 0.1) is 0 Å². The van der Waals surface area contributed by atoms with Crippen LogP contribution in [0.1, 0.15) is 49.1 Å². The molecule has 2 nitrogen and oxygen atoms in total. The van der Waals surface area contributed by atoms with Gasteiger partial charge in [-0.1, -0.05) is 133 Å². The van der Waals surface area contributed by atoms with Gasteiger partial charge in [0.2, 0.25) is 0 Å². The van der Waals surface area contributed by atoms with Crippen LogP contribution in [0.2, 0.25) is 0 Å². The summed E-state index contributed by atoms with van der Waals surface area (Å²) >= 11 is 1.87. The standard InChI is InChI=1S/C59H47NOS/c1-38-9-5-7-13-54(38)61-55-33-49(28-30-52(55)53-31-45-34-58-35-46(45)36-59(53,58)37-58)60(47-24-19-42(20-25-47)41-17-15-40(16-18-41)39-10-3-2-4-11-39)48-26-21-43(22-27-48)44-23-29-51-50-12-6-8-14-56(50)62-57(51)32-44/h2-30,32-33,45-46,53H,31,34-37H2,1H3/t45?,46-,53?,58?,59-/m1/s1. The van der Waals surface area contributed by atoms with Gasteiger partial charge in [-0.15, -0.1) is 11.3 Å². The lowest BCUT2D eigenvalue weighted by Crippen LogP contribution is -2.33. The summed E-state index contributed by atoms with van der Waals surface area (Å²) in [6, 6.07) is 69.1. The van der Waals surface area contributed by atoms with Crippen molar-refractivity contribution in [1.29, 1.82) is 0 Å². The number of benzene rings is 8. The number of hydrogen-bond donors (Lipinski definition) is 0. The number of ether oxygens (including phenoxy) is 1. The first-order valence-electron chi connectivity index (χ1n) is 22.5. The van der Waals surface area contributed by atoms with Crippen molar-refractivity contribution < 1.29 is 4.74 Å². The monoisotopic (exact) mass is 817 g/mol. The lowest BCUT2D eigenvalue weighted by Gasteiger charge is -2.43. The van der Waals surface area contributed by atoms with E-state index in [0.717, 1.165) is 46.0 Å². The highest BCUT2D eigenvalue weighted by Crippen LogP contribution is 2.90. The summed E-state index contributed by atoms with van der Waals surface area (Å²) in [6.45, 7) is 2.16. The third kappa shape index (κ3) is 5.67. The van der Waals surface area contributed by atoms with E-state index in [1.54, 1.807) is 0 Å². The summed E-state index contributed by atoms with van der Waals surface area (Å²) in [5.74, 6) is 4.34.